The first-order valence-electron chi connectivity index (χ1n) is 7.67. The lowest BCUT2D eigenvalue weighted by Crippen LogP contribution is -2.18. The number of hydrogen-bond donors (Lipinski definition) is 2. The molecular formula is C18H22N2O2S. The molecule has 0 radical (unpaired) electrons. The van der Waals surface area contributed by atoms with Crippen molar-refractivity contribution in [2.45, 2.75) is 33.1 Å². The first kappa shape index (κ1) is 17.2. The van der Waals surface area contributed by atoms with Gasteiger partial charge in [-0.25, -0.2) is 0 Å². The molecule has 0 atom stereocenters. The van der Waals surface area contributed by atoms with Gasteiger partial charge in [-0.3, -0.25) is 9.59 Å². The molecular weight excluding hydrogens is 308 g/mol. The number of amides is 2. The van der Waals surface area contributed by atoms with Crippen LogP contribution in [0.1, 0.15) is 38.5 Å². The summed E-state index contributed by atoms with van der Waals surface area (Å²) in [5, 5.41) is 5.42. The van der Waals surface area contributed by atoms with E-state index in [1.54, 1.807) is 42.6 Å². The van der Waals surface area contributed by atoms with Crippen molar-refractivity contribution in [2.75, 3.05) is 12.4 Å². The van der Waals surface area contributed by atoms with Gasteiger partial charge in [0.05, 0.1) is 0 Å². The van der Waals surface area contributed by atoms with Gasteiger partial charge in [0.25, 0.3) is 5.91 Å². The highest BCUT2D eigenvalue weighted by atomic mass is 32.1. The van der Waals surface area contributed by atoms with Gasteiger partial charge in [-0.2, -0.15) is 0 Å². The molecule has 0 saturated carbocycles. The molecule has 0 aliphatic carbocycles. The second kappa shape index (κ2) is 7.92. The van der Waals surface area contributed by atoms with E-state index in [0.717, 1.165) is 12.8 Å². The lowest BCUT2D eigenvalue weighted by molar-refractivity contribution is -0.116. The van der Waals surface area contributed by atoms with Crippen LogP contribution in [-0.2, 0) is 11.2 Å². The molecule has 0 aliphatic heterocycles. The molecule has 4 nitrogen and oxygen atoms in total. The molecule has 1 heterocycles. The van der Waals surface area contributed by atoms with Crippen LogP contribution in [0.25, 0.3) is 0 Å². The minimum atomic E-state index is -0.163. The highest BCUT2D eigenvalue weighted by Crippen LogP contribution is 2.22. The van der Waals surface area contributed by atoms with E-state index in [2.05, 4.69) is 30.5 Å². The highest BCUT2D eigenvalue weighted by molar-refractivity contribution is 7.12. The van der Waals surface area contributed by atoms with Gasteiger partial charge in [-0.1, -0.05) is 6.07 Å². The molecule has 0 spiro atoms. The Balaban J connectivity index is 1.85. The summed E-state index contributed by atoms with van der Waals surface area (Å²) in [4.78, 5) is 26.3. The standard InChI is InChI=1S/C18H22N2O2S/c1-12-10-14(13(2)23-12)6-5-9-17(21)20-16-8-4-7-15(11-16)18(22)19-3/h4,7-8,10-11H,5-6,9H2,1-3H3,(H,19,22)(H,20,21). The fourth-order valence-corrected chi connectivity index (χ4v) is 3.45. The predicted octanol–water partition coefficient (Wildman–Crippen LogP) is 3.69. The molecule has 1 aromatic heterocycles. The van der Waals surface area contributed by atoms with Crippen molar-refractivity contribution in [1.82, 2.24) is 5.32 Å². The van der Waals surface area contributed by atoms with Crippen molar-refractivity contribution in [3.05, 3.63) is 51.2 Å². The fraction of sp³-hybridized carbons (Fsp3) is 0.333. The van der Waals surface area contributed by atoms with Gasteiger partial charge in [0, 0.05) is 34.5 Å². The third-order valence-electron chi connectivity index (χ3n) is 3.63. The van der Waals surface area contributed by atoms with E-state index in [1.807, 2.05) is 0 Å². The summed E-state index contributed by atoms with van der Waals surface area (Å²) in [6.45, 7) is 4.23. The molecule has 0 saturated heterocycles. The molecule has 0 bridgehead atoms. The molecule has 0 unspecified atom stereocenters. The van der Waals surface area contributed by atoms with Crippen molar-refractivity contribution in [3.63, 3.8) is 0 Å². The summed E-state index contributed by atoms with van der Waals surface area (Å²) in [5.74, 6) is -0.187. The smallest absolute Gasteiger partial charge is 0.251 e. The quantitative estimate of drug-likeness (QED) is 0.849. The van der Waals surface area contributed by atoms with Crippen molar-refractivity contribution < 1.29 is 9.59 Å². The summed E-state index contributed by atoms with van der Waals surface area (Å²) in [7, 11) is 1.59. The number of nitrogens with one attached hydrogen (secondary N) is 2. The minimum absolute atomic E-state index is 0.0244. The third-order valence-corrected chi connectivity index (χ3v) is 4.64. The van der Waals surface area contributed by atoms with Gasteiger partial charge in [0.1, 0.15) is 0 Å². The number of thiophene rings is 1. The van der Waals surface area contributed by atoms with Crippen molar-refractivity contribution in [3.8, 4) is 0 Å². The SMILES string of the molecule is CNC(=O)c1cccc(NC(=O)CCCc2cc(C)sc2C)c1. The van der Waals surface area contributed by atoms with Crippen LogP contribution in [-0.4, -0.2) is 18.9 Å². The van der Waals surface area contributed by atoms with Gasteiger partial charge < -0.3 is 10.6 Å². The topological polar surface area (TPSA) is 58.2 Å². The number of carbonyl (C=O) groups is 2. The zero-order chi connectivity index (χ0) is 16.8. The van der Waals surface area contributed by atoms with E-state index in [9.17, 15) is 9.59 Å². The molecule has 5 heteroatoms. The van der Waals surface area contributed by atoms with Gasteiger partial charge in [0.15, 0.2) is 0 Å². The van der Waals surface area contributed by atoms with E-state index in [1.165, 1.54) is 15.3 Å². The number of carbonyl (C=O) groups excluding carboxylic acids is 2. The maximum Gasteiger partial charge on any atom is 0.251 e. The highest BCUT2D eigenvalue weighted by Gasteiger charge is 2.08. The fourth-order valence-electron chi connectivity index (χ4n) is 2.48. The molecule has 122 valence electrons. The molecule has 2 amide bonds. The van der Waals surface area contributed by atoms with Crippen LogP contribution in [0.3, 0.4) is 0 Å². The molecule has 0 fully saturated rings. The van der Waals surface area contributed by atoms with E-state index >= 15 is 0 Å². The summed E-state index contributed by atoms with van der Waals surface area (Å²) in [5.41, 5.74) is 2.52. The zero-order valence-corrected chi connectivity index (χ0v) is 14.5. The van der Waals surface area contributed by atoms with E-state index in [0.29, 0.717) is 17.7 Å². The number of aryl methyl sites for hydroxylation is 3. The Morgan fingerprint density at radius 3 is 2.61 bits per heavy atom. The third kappa shape index (κ3) is 4.93. The molecule has 2 aromatic rings. The largest absolute Gasteiger partial charge is 0.355 e. The van der Waals surface area contributed by atoms with Crippen LogP contribution in [0.2, 0.25) is 0 Å². The van der Waals surface area contributed by atoms with Gasteiger partial charge in [-0.05, 0) is 56.5 Å². The maximum absolute atomic E-state index is 12.0. The maximum atomic E-state index is 12.0. The van der Waals surface area contributed by atoms with Crippen LogP contribution >= 0.6 is 11.3 Å². The first-order valence-corrected chi connectivity index (χ1v) is 8.49. The van der Waals surface area contributed by atoms with Gasteiger partial charge in [-0.15, -0.1) is 11.3 Å². The average Bonchev–Trinajstić information content (AvgIpc) is 2.84. The second-order valence-corrected chi connectivity index (χ2v) is 6.96. The van der Waals surface area contributed by atoms with Crippen molar-refractivity contribution in [1.29, 1.82) is 0 Å². The van der Waals surface area contributed by atoms with E-state index < -0.39 is 0 Å². The monoisotopic (exact) mass is 330 g/mol. The Bertz CT molecular complexity index is 707. The number of hydrogen-bond acceptors (Lipinski definition) is 3. The Morgan fingerprint density at radius 1 is 1.17 bits per heavy atom. The van der Waals surface area contributed by atoms with Gasteiger partial charge in [0.2, 0.25) is 5.91 Å². The van der Waals surface area contributed by atoms with E-state index in [4.69, 9.17) is 0 Å². The minimum Gasteiger partial charge on any atom is -0.355 e. The first-order chi connectivity index (χ1) is 11.0. The van der Waals surface area contributed by atoms with E-state index in [-0.39, 0.29) is 11.8 Å². The molecule has 23 heavy (non-hydrogen) atoms. The molecule has 0 aliphatic rings. The Hall–Kier alpha value is -2.14. The Kier molecular flexibility index (Phi) is 5.93. The summed E-state index contributed by atoms with van der Waals surface area (Å²) < 4.78 is 0. The van der Waals surface area contributed by atoms with Gasteiger partial charge >= 0.3 is 0 Å². The Morgan fingerprint density at radius 2 is 1.96 bits per heavy atom. The Labute approximate surface area is 140 Å². The van der Waals surface area contributed by atoms with Crippen LogP contribution in [0.5, 0.6) is 0 Å². The lowest BCUT2D eigenvalue weighted by Gasteiger charge is -2.07. The summed E-state index contributed by atoms with van der Waals surface area (Å²) in [6, 6.07) is 9.15. The molecule has 2 rings (SSSR count). The lowest BCUT2D eigenvalue weighted by atomic mass is 10.1. The van der Waals surface area contributed by atoms with Crippen LogP contribution in [0.15, 0.2) is 30.3 Å². The average molecular weight is 330 g/mol. The van der Waals surface area contributed by atoms with Crippen LogP contribution < -0.4 is 10.6 Å². The van der Waals surface area contributed by atoms with Crippen molar-refractivity contribution in [2.24, 2.45) is 0 Å². The number of rotatable bonds is 6. The summed E-state index contributed by atoms with van der Waals surface area (Å²) in [6.07, 6.45) is 2.21. The van der Waals surface area contributed by atoms with Crippen molar-refractivity contribution >= 4 is 28.8 Å². The zero-order valence-electron chi connectivity index (χ0n) is 13.7. The van der Waals surface area contributed by atoms with Crippen LogP contribution in [0, 0.1) is 13.8 Å². The van der Waals surface area contributed by atoms with Crippen LogP contribution in [0.4, 0.5) is 5.69 Å². The number of anilines is 1. The predicted molar refractivity (Wildman–Crippen MR) is 95.2 cm³/mol. The second-order valence-electron chi connectivity index (χ2n) is 5.50. The summed E-state index contributed by atoms with van der Waals surface area (Å²) >= 11 is 1.80. The number of benzene rings is 1. The molecule has 2 N–H and O–H groups in total. The normalized spacial score (nSPS) is 10.4. The molecule has 1 aromatic carbocycles.